The molecule has 0 saturated heterocycles. The zero-order valence-corrected chi connectivity index (χ0v) is 16.8. The normalized spacial score (nSPS) is 44.1. The zero-order valence-electron chi connectivity index (χ0n) is 16.8. The van der Waals surface area contributed by atoms with Crippen LogP contribution >= 0.6 is 0 Å². The third-order valence-electron chi connectivity index (χ3n) is 8.97. The first-order chi connectivity index (χ1) is 12.7. The molecule has 6 atom stereocenters. The van der Waals surface area contributed by atoms with Crippen LogP contribution in [-0.2, 0) is 0 Å². The molecular weight excluding hydrogens is 320 g/mol. The molecule has 2 heteroatoms. The van der Waals surface area contributed by atoms with Gasteiger partial charge in [0.15, 0.2) is 0 Å². The lowest BCUT2D eigenvalue weighted by molar-refractivity contribution is -0.0693. The number of aliphatic hydroxyl groups is 2. The number of hydrogen-bond donors (Lipinski definition) is 2. The summed E-state index contributed by atoms with van der Waals surface area (Å²) in [5, 5.41) is 22.0. The molecule has 0 amide bonds. The van der Waals surface area contributed by atoms with Gasteiger partial charge in [-0.25, -0.2) is 0 Å². The predicted molar refractivity (Wildman–Crippen MR) is 107 cm³/mol. The van der Waals surface area contributed by atoms with Crippen molar-refractivity contribution >= 4 is 0 Å². The molecule has 0 bridgehead atoms. The van der Waals surface area contributed by atoms with Gasteiger partial charge in [-0.3, -0.25) is 0 Å². The lowest BCUT2D eigenvalue weighted by atomic mass is 9.60. The van der Waals surface area contributed by atoms with Crippen LogP contribution in [0.4, 0.5) is 0 Å². The molecule has 0 spiro atoms. The minimum Gasteiger partial charge on any atom is -0.393 e. The topological polar surface area (TPSA) is 40.5 Å². The van der Waals surface area contributed by atoms with Crippen LogP contribution < -0.4 is 0 Å². The third kappa shape index (κ3) is 4.17. The molecule has 4 aliphatic carbocycles. The van der Waals surface area contributed by atoms with Crippen molar-refractivity contribution in [2.24, 2.45) is 35.5 Å². The Morgan fingerprint density at radius 1 is 0.423 bits per heavy atom. The van der Waals surface area contributed by atoms with E-state index in [9.17, 15) is 10.2 Å². The quantitative estimate of drug-likeness (QED) is 0.676. The van der Waals surface area contributed by atoms with Crippen molar-refractivity contribution in [3.05, 3.63) is 0 Å². The van der Waals surface area contributed by atoms with Gasteiger partial charge >= 0.3 is 0 Å². The molecule has 0 aromatic rings. The molecule has 6 unspecified atom stereocenters. The second kappa shape index (κ2) is 8.95. The molecule has 4 rings (SSSR count). The first-order valence-corrected chi connectivity index (χ1v) is 12.1. The molecular formula is C24H42O2. The van der Waals surface area contributed by atoms with Gasteiger partial charge in [0.05, 0.1) is 12.2 Å². The molecule has 26 heavy (non-hydrogen) atoms. The van der Waals surface area contributed by atoms with E-state index in [4.69, 9.17) is 0 Å². The number of hydrogen-bond acceptors (Lipinski definition) is 2. The average molecular weight is 363 g/mol. The maximum absolute atomic E-state index is 11.3. The van der Waals surface area contributed by atoms with Crippen LogP contribution in [0.2, 0.25) is 0 Å². The maximum Gasteiger partial charge on any atom is 0.0601 e. The average Bonchev–Trinajstić information content (AvgIpc) is 2.70. The second-order valence-electron chi connectivity index (χ2n) is 10.3. The lowest BCUT2D eigenvalue weighted by Gasteiger charge is -2.47. The highest BCUT2D eigenvalue weighted by molar-refractivity contribution is 4.94. The first kappa shape index (κ1) is 19.2. The molecule has 2 N–H and O–H groups in total. The van der Waals surface area contributed by atoms with E-state index >= 15 is 0 Å². The van der Waals surface area contributed by atoms with E-state index in [1.54, 1.807) is 0 Å². The van der Waals surface area contributed by atoms with Crippen LogP contribution in [-0.4, -0.2) is 22.4 Å². The van der Waals surface area contributed by atoms with Crippen molar-refractivity contribution in [1.29, 1.82) is 0 Å². The highest BCUT2D eigenvalue weighted by Gasteiger charge is 2.44. The number of rotatable bonds is 3. The van der Waals surface area contributed by atoms with Gasteiger partial charge in [0.1, 0.15) is 0 Å². The standard InChI is InChI=1S/C24H42O2/c25-23-15-14-19(16-22(23)18-10-5-2-6-11-18)21-13-7-12-20(24(21)26)17-8-3-1-4-9-17/h17-26H,1-16H2. The lowest BCUT2D eigenvalue weighted by Crippen LogP contribution is -2.45. The van der Waals surface area contributed by atoms with E-state index in [1.807, 2.05) is 0 Å². The molecule has 0 heterocycles. The maximum atomic E-state index is 11.3. The summed E-state index contributed by atoms with van der Waals surface area (Å²) in [6.07, 6.45) is 20.8. The smallest absolute Gasteiger partial charge is 0.0601 e. The fourth-order valence-electron chi connectivity index (χ4n) is 7.52. The van der Waals surface area contributed by atoms with E-state index < -0.39 is 0 Å². The van der Waals surface area contributed by atoms with Crippen LogP contribution in [0.3, 0.4) is 0 Å². The Balaban J connectivity index is 1.40. The Morgan fingerprint density at radius 3 is 1.58 bits per heavy atom. The Hall–Kier alpha value is -0.0800. The molecule has 4 saturated carbocycles. The largest absolute Gasteiger partial charge is 0.393 e. The molecule has 0 aliphatic heterocycles. The fraction of sp³-hybridized carbons (Fsp3) is 1.00. The minimum atomic E-state index is -0.0655. The Kier molecular flexibility index (Phi) is 6.62. The predicted octanol–water partition coefficient (Wildman–Crippen LogP) is 5.70. The summed E-state index contributed by atoms with van der Waals surface area (Å²) in [5.41, 5.74) is 0. The van der Waals surface area contributed by atoms with Gasteiger partial charge < -0.3 is 10.2 Å². The summed E-state index contributed by atoms with van der Waals surface area (Å²) < 4.78 is 0. The van der Waals surface area contributed by atoms with Crippen LogP contribution in [0.5, 0.6) is 0 Å². The van der Waals surface area contributed by atoms with Gasteiger partial charge in [-0.15, -0.1) is 0 Å². The summed E-state index contributed by atoms with van der Waals surface area (Å²) in [4.78, 5) is 0. The summed E-state index contributed by atoms with van der Waals surface area (Å²) in [5.74, 6) is 3.85. The molecule has 0 aromatic heterocycles. The van der Waals surface area contributed by atoms with Gasteiger partial charge in [0.2, 0.25) is 0 Å². The molecule has 0 radical (unpaired) electrons. The summed E-state index contributed by atoms with van der Waals surface area (Å²) >= 11 is 0. The van der Waals surface area contributed by atoms with Gasteiger partial charge in [-0.05, 0) is 67.6 Å². The van der Waals surface area contributed by atoms with E-state index in [0.29, 0.717) is 23.7 Å². The summed E-state index contributed by atoms with van der Waals surface area (Å²) in [6, 6.07) is 0. The zero-order chi connectivity index (χ0) is 17.9. The Morgan fingerprint density at radius 2 is 0.962 bits per heavy atom. The van der Waals surface area contributed by atoms with Crippen molar-refractivity contribution in [3.8, 4) is 0 Å². The Bertz CT molecular complexity index is 424. The number of aliphatic hydroxyl groups excluding tert-OH is 2. The van der Waals surface area contributed by atoms with E-state index in [2.05, 4.69) is 0 Å². The molecule has 150 valence electrons. The minimum absolute atomic E-state index is 0.0564. The molecule has 4 fully saturated rings. The van der Waals surface area contributed by atoms with Gasteiger partial charge in [0, 0.05) is 0 Å². The summed E-state index contributed by atoms with van der Waals surface area (Å²) in [7, 11) is 0. The van der Waals surface area contributed by atoms with Crippen LogP contribution in [0.25, 0.3) is 0 Å². The third-order valence-corrected chi connectivity index (χ3v) is 8.97. The van der Waals surface area contributed by atoms with Gasteiger partial charge in [-0.1, -0.05) is 70.6 Å². The van der Waals surface area contributed by atoms with Crippen LogP contribution in [0.15, 0.2) is 0 Å². The molecule has 0 aromatic carbocycles. The van der Waals surface area contributed by atoms with Crippen molar-refractivity contribution in [1.82, 2.24) is 0 Å². The van der Waals surface area contributed by atoms with E-state index in [0.717, 1.165) is 24.7 Å². The highest BCUT2D eigenvalue weighted by atomic mass is 16.3. The highest BCUT2D eigenvalue weighted by Crippen LogP contribution is 2.48. The van der Waals surface area contributed by atoms with Crippen molar-refractivity contribution in [3.63, 3.8) is 0 Å². The first-order valence-electron chi connectivity index (χ1n) is 12.1. The SMILES string of the molecule is OC1CCC(C2CCCC(C3CCCCC3)C2O)CC1C1CCCCC1. The molecule has 4 aliphatic rings. The van der Waals surface area contributed by atoms with Crippen molar-refractivity contribution in [2.75, 3.05) is 0 Å². The molecule has 2 nitrogen and oxygen atoms in total. The summed E-state index contributed by atoms with van der Waals surface area (Å²) in [6.45, 7) is 0. The fourth-order valence-corrected chi connectivity index (χ4v) is 7.52. The monoisotopic (exact) mass is 362 g/mol. The van der Waals surface area contributed by atoms with E-state index in [-0.39, 0.29) is 12.2 Å². The second-order valence-corrected chi connectivity index (χ2v) is 10.3. The van der Waals surface area contributed by atoms with Gasteiger partial charge in [-0.2, -0.15) is 0 Å². The van der Waals surface area contributed by atoms with Gasteiger partial charge in [0.25, 0.3) is 0 Å². The van der Waals surface area contributed by atoms with Crippen molar-refractivity contribution < 1.29 is 10.2 Å². The Labute approximate surface area is 161 Å². The van der Waals surface area contributed by atoms with E-state index in [1.165, 1.54) is 89.9 Å². The van der Waals surface area contributed by atoms with Crippen molar-refractivity contribution in [2.45, 2.75) is 115 Å². The van der Waals surface area contributed by atoms with Crippen LogP contribution in [0.1, 0.15) is 103 Å². The van der Waals surface area contributed by atoms with Crippen LogP contribution in [0, 0.1) is 35.5 Å².